The summed E-state index contributed by atoms with van der Waals surface area (Å²) in [6.07, 6.45) is 5.62. The number of sulfonamides is 1. The normalized spacial score (nSPS) is 16.0. The zero-order valence-electron chi connectivity index (χ0n) is 12.0. The van der Waals surface area contributed by atoms with E-state index in [0.29, 0.717) is 25.4 Å². The summed E-state index contributed by atoms with van der Waals surface area (Å²) in [5.74, 6) is 0.334. The molecule has 2 N–H and O–H groups in total. The number of carbonyl (C=O) groups excluding carboxylic acids is 1. The number of ether oxygens (including phenoxy) is 1. The zero-order chi connectivity index (χ0) is 15.3. The SMILES string of the molecule is NS(=O)(=O)c1ccc(CCC(=O)OCC2CCCC2)cc1. The van der Waals surface area contributed by atoms with Crippen molar-refractivity contribution in [2.75, 3.05) is 6.61 Å². The molecule has 1 fully saturated rings. The molecule has 6 heteroatoms. The van der Waals surface area contributed by atoms with Crippen LogP contribution in [0.1, 0.15) is 37.7 Å². The van der Waals surface area contributed by atoms with Gasteiger partial charge < -0.3 is 4.74 Å². The number of primary sulfonamides is 1. The van der Waals surface area contributed by atoms with Gasteiger partial charge in [0.05, 0.1) is 11.5 Å². The largest absolute Gasteiger partial charge is 0.465 e. The van der Waals surface area contributed by atoms with Gasteiger partial charge in [0.2, 0.25) is 10.0 Å². The van der Waals surface area contributed by atoms with Gasteiger partial charge in [-0.3, -0.25) is 4.79 Å². The Morgan fingerprint density at radius 3 is 2.38 bits per heavy atom. The summed E-state index contributed by atoms with van der Waals surface area (Å²) in [4.78, 5) is 11.7. The Balaban J connectivity index is 1.75. The van der Waals surface area contributed by atoms with E-state index >= 15 is 0 Å². The molecule has 0 heterocycles. The van der Waals surface area contributed by atoms with Gasteiger partial charge in [0.1, 0.15) is 0 Å². The number of hydrogen-bond acceptors (Lipinski definition) is 4. The lowest BCUT2D eigenvalue weighted by Gasteiger charge is -2.10. The Labute approximate surface area is 125 Å². The lowest BCUT2D eigenvalue weighted by Crippen LogP contribution is -2.13. The summed E-state index contributed by atoms with van der Waals surface area (Å²) in [5, 5.41) is 5.03. The molecular formula is C15H21NO4S. The standard InChI is InChI=1S/C15H21NO4S/c16-21(18,19)14-8-5-12(6-9-14)7-10-15(17)20-11-13-3-1-2-4-13/h5-6,8-9,13H,1-4,7,10-11H2,(H2,16,18,19). The van der Waals surface area contributed by atoms with Crippen molar-refractivity contribution in [1.82, 2.24) is 0 Å². The van der Waals surface area contributed by atoms with E-state index in [1.165, 1.54) is 25.0 Å². The summed E-state index contributed by atoms with van der Waals surface area (Å²) >= 11 is 0. The molecule has 0 bridgehead atoms. The summed E-state index contributed by atoms with van der Waals surface area (Å²) in [6, 6.07) is 6.25. The van der Waals surface area contributed by atoms with Gasteiger partial charge in [0, 0.05) is 6.42 Å². The van der Waals surface area contributed by atoms with Crippen LogP contribution in [-0.4, -0.2) is 21.0 Å². The third-order valence-electron chi connectivity index (χ3n) is 3.82. The van der Waals surface area contributed by atoms with Crippen molar-refractivity contribution in [1.29, 1.82) is 0 Å². The fourth-order valence-electron chi connectivity index (χ4n) is 2.55. The van der Waals surface area contributed by atoms with Gasteiger partial charge in [0.25, 0.3) is 0 Å². The number of hydrogen-bond donors (Lipinski definition) is 1. The van der Waals surface area contributed by atoms with Crippen LogP contribution in [0.25, 0.3) is 0 Å². The number of benzene rings is 1. The molecule has 5 nitrogen and oxygen atoms in total. The van der Waals surface area contributed by atoms with Gasteiger partial charge in [-0.25, -0.2) is 13.6 Å². The van der Waals surface area contributed by atoms with Crippen molar-refractivity contribution >= 4 is 16.0 Å². The Kier molecular flexibility index (Phi) is 5.36. The summed E-state index contributed by atoms with van der Waals surface area (Å²) in [7, 11) is -3.66. The highest BCUT2D eigenvalue weighted by atomic mass is 32.2. The molecular weight excluding hydrogens is 290 g/mol. The minimum Gasteiger partial charge on any atom is -0.465 e. The second-order valence-electron chi connectivity index (χ2n) is 5.52. The fraction of sp³-hybridized carbons (Fsp3) is 0.533. The first-order valence-corrected chi connectivity index (χ1v) is 8.77. The van der Waals surface area contributed by atoms with Crippen LogP contribution in [0.3, 0.4) is 0 Å². The maximum absolute atomic E-state index is 11.7. The van der Waals surface area contributed by atoms with Gasteiger partial charge in [-0.1, -0.05) is 25.0 Å². The number of esters is 1. The second-order valence-corrected chi connectivity index (χ2v) is 7.08. The first-order chi connectivity index (χ1) is 9.95. The van der Waals surface area contributed by atoms with Gasteiger partial charge in [-0.05, 0) is 42.9 Å². The predicted molar refractivity (Wildman–Crippen MR) is 79.1 cm³/mol. The zero-order valence-corrected chi connectivity index (χ0v) is 12.8. The lowest BCUT2D eigenvalue weighted by atomic mass is 10.1. The van der Waals surface area contributed by atoms with E-state index in [4.69, 9.17) is 9.88 Å². The Hall–Kier alpha value is -1.40. The molecule has 2 rings (SSSR count). The molecule has 1 saturated carbocycles. The summed E-state index contributed by atoms with van der Waals surface area (Å²) in [6.45, 7) is 0.531. The molecule has 1 aromatic carbocycles. The van der Waals surface area contributed by atoms with Crippen molar-refractivity contribution in [2.24, 2.45) is 11.1 Å². The van der Waals surface area contributed by atoms with Gasteiger partial charge in [-0.15, -0.1) is 0 Å². The lowest BCUT2D eigenvalue weighted by molar-refractivity contribution is -0.144. The molecule has 0 spiro atoms. The molecule has 0 aromatic heterocycles. The van der Waals surface area contributed by atoms with Crippen molar-refractivity contribution < 1.29 is 17.9 Å². The van der Waals surface area contributed by atoms with E-state index in [1.54, 1.807) is 12.1 Å². The fourth-order valence-corrected chi connectivity index (χ4v) is 3.07. The van der Waals surface area contributed by atoms with Crippen LogP contribution in [-0.2, 0) is 26.0 Å². The molecule has 1 aliphatic rings. The van der Waals surface area contributed by atoms with Crippen LogP contribution in [0.4, 0.5) is 0 Å². The van der Waals surface area contributed by atoms with Crippen LogP contribution in [0, 0.1) is 5.92 Å². The average molecular weight is 311 g/mol. The maximum Gasteiger partial charge on any atom is 0.306 e. The highest BCUT2D eigenvalue weighted by Gasteiger charge is 2.16. The molecule has 0 amide bonds. The topological polar surface area (TPSA) is 86.5 Å². The van der Waals surface area contributed by atoms with Crippen LogP contribution in [0.2, 0.25) is 0 Å². The number of aryl methyl sites for hydroxylation is 1. The summed E-state index contributed by atoms with van der Waals surface area (Å²) < 4.78 is 27.5. The second kappa shape index (κ2) is 7.04. The van der Waals surface area contributed by atoms with Crippen LogP contribution in [0.5, 0.6) is 0 Å². The quantitative estimate of drug-likeness (QED) is 0.814. The molecule has 1 aromatic rings. The van der Waals surface area contributed by atoms with Crippen LogP contribution in [0.15, 0.2) is 29.2 Å². The van der Waals surface area contributed by atoms with E-state index in [0.717, 1.165) is 18.4 Å². The van der Waals surface area contributed by atoms with Crippen LogP contribution >= 0.6 is 0 Å². The predicted octanol–water partition coefficient (Wildman–Crippen LogP) is 2.00. The van der Waals surface area contributed by atoms with Gasteiger partial charge >= 0.3 is 5.97 Å². The van der Waals surface area contributed by atoms with E-state index in [-0.39, 0.29) is 10.9 Å². The van der Waals surface area contributed by atoms with Crippen LogP contribution < -0.4 is 5.14 Å². The first kappa shape index (κ1) is 16.0. The Bertz CT molecular complexity index is 574. The third kappa shape index (κ3) is 5.13. The smallest absolute Gasteiger partial charge is 0.306 e. The number of nitrogens with two attached hydrogens (primary N) is 1. The van der Waals surface area contributed by atoms with Crippen molar-refractivity contribution in [2.45, 2.75) is 43.4 Å². The van der Waals surface area contributed by atoms with E-state index < -0.39 is 10.0 Å². The Morgan fingerprint density at radius 1 is 1.19 bits per heavy atom. The van der Waals surface area contributed by atoms with Crippen molar-refractivity contribution in [3.05, 3.63) is 29.8 Å². The third-order valence-corrected chi connectivity index (χ3v) is 4.75. The van der Waals surface area contributed by atoms with Crippen molar-refractivity contribution in [3.8, 4) is 0 Å². The van der Waals surface area contributed by atoms with Crippen molar-refractivity contribution in [3.63, 3.8) is 0 Å². The molecule has 0 aliphatic heterocycles. The average Bonchev–Trinajstić information content (AvgIpc) is 2.95. The maximum atomic E-state index is 11.7. The monoisotopic (exact) mass is 311 g/mol. The highest BCUT2D eigenvalue weighted by Crippen LogP contribution is 2.24. The highest BCUT2D eigenvalue weighted by molar-refractivity contribution is 7.89. The molecule has 1 aliphatic carbocycles. The molecule has 21 heavy (non-hydrogen) atoms. The number of carbonyl (C=O) groups is 1. The minimum atomic E-state index is -3.66. The number of rotatable bonds is 6. The molecule has 116 valence electrons. The van der Waals surface area contributed by atoms with Gasteiger partial charge in [0.15, 0.2) is 0 Å². The van der Waals surface area contributed by atoms with E-state index in [9.17, 15) is 13.2 Å². The first-order valence-electron chi connectivity index (χ1n) is 7.22. The Morgan fingerprint density at radius 2 is 1.81 bits per heavy atom. The molecule has 0 unspecified atom stereocenters. The minimum absolute atomic E-state index is 0.0788. The molecule has 0 saturated heterocycles. The van der Waals surface area contributed by atoms with Gasteiger partial charge in [-0.2, -0.15) is 0 Å². The molecule has 0 radical (unpaired) electrons. The van der Waals surface area contributed by atoms with E-state index in [2.05, 4.69) is 0 Å². The molecule has 0 atom stereocenters. The van der Waals surface area contributed by atoms with E-state index in [1.807, 2.05) is 0 Å². The summed E-state index contributed by atoms with van der Waals surface area (Å²) in [5.41, 5.74) is 0.889.